The highest BCUT2D eigenvalue weighted by Gasteiger charge is 2.54. The fourth-order valence-electron chi connectivity index (χ4n) is 4.67. The Kier molecular flexibility index (Phi) is 6.37. The Morgan fingerprint density at radius 3 is 2.78 bits per heavy atom. The standard InChI is InChI=1S/C23H23N7O5S2/c1-11-13-6-4-5-7-15(13)28(2)29(11)8-12-9-36-21-17(20(32)30(21)18(12)22(33)34)26-19(31)16(27-35-3)14-10-37-23(24)25-14/h4-7,10,17,21H,8-9H2,1-3H3,(H3-,24,25,26,31,33,34)/p+1/b27-16-/t17-,21-/m1/s1. The van der Waals surface area contributed by atoms with E-state index in [0.717, 1.165) is 27.9 Å². The summed E-state index contributed by atoms with van der Waals surface area (Å²) >= 11 is 2.54. The SMILES string of the molecule is CO/N=C(\C(=O)N[C@@H]1C(=O)N2C(C(=O)O)=C(Cn3c(C)c4ccccc4[n+]3C)CS[C@H]12)c1csc(N)n1. The third kappa shape index (κ3) is 4.11. The molecular weight excluding hydrogens is 518 g/mol. The van der Waals surface area contributed by atoms with Crippen molar-refractivity contribution in [2.45, 2.75) is 24.9 Å². The number of oxime groups is 1. The largest absolute Gasteiger partial charge is 0.477 e. The molecule has 0 spiro atoms. The smallest absolute Gasteiger partial charge is 0.352 e. The predicted molar refractivity (Wildman–Crippen MR) is 138 cm³/mol. The lowest BCUT2D eigenvalue weighted by Gasteiger charge is -2.49. The van der Waals surface area contributed by atoms with E-state index in [2.05, 4.69) is 15.5 Å². The molecule has 4 heterocycles. The quantitative estimate of drug-likeness (QED) is 0.170. The number of thiazole rings is 1. The maximum absolute atomic E-state index is 13.1. The number of thioether (sulfide) groups is 1. The number of carboxylic acids is 1. The molecule has 2 aromatic heterocycles. The summed E-state index contributed by atoms with van der Waals surface area (Å²) in [4.78, 5) is 48.5. The normalized spacial score (nSPS) is 19.6. The van der Waals surface area contributed by atoms with Gasteiger partial charge in [-0.15, -0.1) is 27.8 Å². The topological polar surface area (TPSA) is 156 Å². The van der Waals surface area contributed by atoms with Gasteiger partial charge in [-0.05, 0) is 18.6 Å². The van der Waals surface area contributed by atoms with Gasteiger partial charge in [0.15, 0.2) is 17.9 Å². The van der Waals surface area contributed by atoms with Gasteiger partial charge in [-0.2, -0.15) is 4.68 Å². The molecule has 1 fully saturated rings. The zero-order valence-corrected chi connectivity index (χ0v) is 21.8. The van der Waals surface area contributed by atoms with Crippen LogP contribution < -0.4 is 15.7 Å². The number of nitrogens with one attached hydrogen (secondary N) is 1. The molecule has 2 atom stereocenters. The lowest BCUT2D eigenvalue weighted by atomic mass is 10.0. The third-order valence-electron chi connectivity index (χ3n) is 6.43. The summed E-state index contributed by atoms with van der Waals surface area (Å²) in [5.74, 6) is -1.97. The van der Waals surface area contributed by atoms with Gasteiger partial charge in [0.05, 0.1) is 11.1 Å². The van der Waals surface area contributed by atoms with Crippen molar-refractivity contribution in [3.63, 3.8) is 0 Å². The average molecular weight is 543 g/mol. The van der Waals surface area contributed by atoms with Gasteiger partial charge in [-0.25, -0.2) is 9.78 Å². The fourth-order valence-corrected chi connectivity index (χ4v) is 6.55. The Balaban J connectivity index is 1.40. The maximum atomic E-state index is 13.1. The van der Waals surface area contributed by atoms with Crippen LogP contribution in [-0.2, 0) is 32.8 Å². The van der Waals surface area contributed by atoms with Gasteiger partial charge in [-0.3, -0.25) is 14.5 Å². The number of rotatable bonds is 7. The van der Waals surface area contributed by atoms with Gasteiger partial charge in [0, 0.05) is 17.2 Å². The van der Waals surface area contributed by atoms with Gasteiger partial charge in [0.1, 0.15) is 36.5 Å². The fraction of sp³-hybridized carbons (Fsp3) is 0.304. The first-order valence-electron chi connectivity index (χ1n) is 11.2. The van der Waals surface area contributed by atoms with Crippen molar-refractivity contribution < 1.29 is 29.0 Å². The summed E-state index contributed by atoms with van der Waals surface area (Å²) in [6, 6.07) is 7.02. The predicted octanol–water partition coefficient (Wildman–Crippen LogP) is 0.602. The van der Waals surface area contributed by atoms with Crippen LogP contribution in [-0.4, -0.2) is 67.4 Å². The maximum Gasteiger partial charge on any atom is 0.352 e. The summed E-state index contributed by atoms with van der Waals surface area (Å²) in [5, 5.41) is 18.8. The number of amides is 2. The molecule has 1 saturated heterocycles. The average Bonchev–Trinajstić information content (AvgIpc) is 3.42. The molecule has 4 N–H and O–H groups in total. The number of β-lactam (4-membered cyclic amide) rings is 1. The minimum Gasteiger partial charge on any atom is -0.477 e. The van der Waals surface area contributed by atoms with Gasteiger partial charge in [0.25, 0.3) is 11.8 Å². The van der Waals surface area contributed by atoms with Crippen molar-refractivity contribution in [1.29, 1.82) is 0 Å². The molecule has 3 aromatic rings. The lowest BCUT2D eigenvalue weighted by Crippen LogP contribution is -2.71. The highest BCUT2D eigenvalue weighted by Crippen LogP contribution is 2.41. The van der Waals surface area contributed by atoms with Crippen LogP contribution in [0.25, 0.3) is 10.9 Å². The molecule has 2 aliphatic heterocycles. The van der Waals surface area contributed by atoms with E-state index in [0.29, 0.717) is 17.9 Å². The molecule has 0 saturated carbocycles. The van der Waals surface area contributed by atoms with Crippen molar-refractivity contribution in [1.82, 2.24) is 19.9 Å². The van der Waals surface area contributed by atoms with E-state index in [1.165, 1.54) is 23.8 Å². The van der Waals surface area contributed by atoms with E-state index in [1.807, 2.05) is 47.6 Å². The van der Waals surface area contributed by atoms with Crippen LogP contribution in [0.2, 0.25) is 0 Å². The number of para-hydroxylation sites is 1. The molecule has 0 radical (unpaired) electrons. The van der Waals surface area contributed by atoms with Crippen molar-refractivity contribution in [3.8, 4) is 0 Å². The number of aliphatic carboxylic acids is 1. The van der Waals surface area contributed by atoms with Gasteiger partial charge >= 0.3 is 5.97 Å². The number of anilines is 1. The van der Waals surface area contributed by atoms with E-state index in [9.17, 15) is 19.5 Å². The number of carbonyl (C=O) groups excluding carboxylic acids is 2. The summed E-state index contributed by atoms with van der Waals surface area (Å²) in [7, 11) is 3.21. The third-order valence-corrected chi connectivity index (χ3v) is 8.44. The van der Waals surface area contributed by atoms with Crippen molar-refractivity contribution in [2.75, 3.05) is 18.6 Å². The van der Waals surface area contributed by atoms with Crippen molar-refractivity contribution in [3.05, 3.63) is 52.3 Å². The molecule has 192 valence electrons. The van der Waals surface area contributed by atoms with Gasteiger partial charge < -0.3 is 21.0 Å². The Hall–Kier alpha value is -3.91. The molecule has 1 aromatic carbocycles. The first-order chi connectivity index (χ1) is 17.7. The number of nitrogens with two attached hydrogens (primary N) is 1. The zero-order chi connectivity index (χ0) is 26.4. The van der Waals surface area contributed by atoms with E-state index in [4.69, 9.17) is 10.6 Å². The number of benzene rings is 1. The number of nitrogen functional groups attached to an aromatic ring is 1. The van der Waals surface area contributed by atoms with Crippen LogP contribution in [0.3, 0.4) is 0 Å². The minimum atomic E-state index is -1.19. The molecule has 12 nitrogen and oxygen atoms in total. The molecule has 0 unspecified atom stereocenters. The Bertz CT molecular complexity index is 1470. The molecule has 14 heteroatoms. The first kappa shape index (κ1) is 24.8. The van der Waals surface area contributed by atoms with Crippen LogP contribution in [0.5, 0.6) is 0 Å². The van der Waals surface area contributed by atoms with E-state index < -0.39 is 29.2 Å². The number of hydrogen-bond acceptors (Lipinski definition) is 9. The molecule has 0 bridgehead atoms. The number of hydrogen-bond donors (Lipinski definition) is 3. The summed E-state index contributed by atoms with van der Waals surface area (Å²) < 4.78 is 3.98. The molecule has 2 aliphatic rings. The molecule has 37 heavy (non-hydrogen) atoms. The molecule has 5 rings (SSSR count). The number of carbonyl (C=O) groups is 3. The Labute approximate surface area is 219 Å². The second-order valence-electron chi connectivity index (χ2n) is 8.50. The van der Waals surface area contributed by atoms with Gasteiger partial charge in [-0.1, -0.05) is 17.3 Å². The first-order valence-corrected chi connectivity index (χ1v) is 13.1. The molecule has 0 aliphatic carbocycles. The zero-order valence-electron chi connectivity index (χ0n) is 20.2. The number of aryl methyl sites for hydroxylation is 2. The second kappa shape index (κ2) is 9.52. The van der Waals surface area contributed by atoms with Crippen LogP contribution in [0.4, 0.5) is 5.13 Å². The molecule has 2 amide bonds. The van der Waals surface area contributed by atoms with Crippen molar-refractivity contribution in [2.24, 2.45) is 12.2 Å². The van der Waals surface area contributed by atoms with E-state index in [-0.39, 0.29) is 22.2 Å². The monoisotopic (exact) mass is 542 g/mol. The minimum absolute atomic E-state index is 0.0468. The lowest BCUT2D eigenvalue weighted by molar-refractivity contribution is -0.730. The number of nitrogens with zero attached hydrogens (tertiary/aromatic N) is 5. The summed E-state index contributed by atoms with van der Waals surface area (Å²) in [5.41, 5.74) is 8.35. The van der Waals surface area contributed by atoms with E-state index in [1.54, 1.807) is 5.38 Å². The highest BCUT2D eigenvalue weighted by atomic mass is 32.2. The van der Waals surface area contributed by atoms with Gasteiger partial charge in [0.2, 0.25) is 5.52 Å². The number of carboxylic acid groups (broad SMARTS) is 1. The number of fused-ring (bicyclic) bond motifs is 2. The van der Waals surface area contributed by atoms with Crippen molar-refractivity contribution >= 4 is 62.6 Å². The van der Waals surface area contributed by atoms with Crippen LogP contribution in [0.15, 0.2) is 46.1 Å². The van der Waals surface area contributed by atoms with Crippen LogP contribution in [0.1, 0.15) is 11.4 Å². The van der Waals surface area contributed by atoms with Crippen LogP contribution in [0, 0.1) is 6.92 Å². The summed E-state index contributed by atoms with van der Waals surface area (Å²) in [6.45, 7) is 2.30. The second-order valence-corrected chi connectivity index (χ2v) is 10.5. The van der Waals surface area contributed by atoms with Crippen LogP contribution >= 0.6 is 23.1 Å². The summed E-state index contributed by atoms with van der Waals surface area (Å²) in [6.07, 6.45) is 0. The number of aromatic nitrogens is 3. The van der Waals surface area contributed by atoms with E-state index >= 15 is 0 Å². The Morgan fingerprint density at radius 1 is 1.38 bits per heavy atom. The Morgan fingerprint density at radius 2 is 2.14 bits per heavy atom. The molecular formula is C23H24N7O5S2+. The highest BCUT2D eigenvalue weighted by molar-refractivity contribution is 8.00.